The van der Waals surface area contributed by atoms with Gasteiger partial charge >= 0.3 is 0 Å². The lowest BCUT2D eigenvalue weighted by Crippen LogP contribution is -2.26. The molecule has 0 bridgehead atoms. The fraction of sp³-hybridized carbons (Fsp3) is 0.636. The second-order valence-electron chi connectivity index (χ2n) is 4.35. The van der Waals surface area contributed by atoms with Crippen molar-refractivity contribution in [3.05, 3.63) is 16.1 Å². The summed E-state index contributed by atoms with van der Waals surface area (Å²) < 4.78 is 0. The number of nitrogens with one attached hydrogen (secondary N) is 1. The quantitative estimate of drug-likeness (QED) is 0.855. The molecule has 6 heteroatoms. The van der Waals surface area contributed by atoms with Crippen molar-refractivity contribution in [2.24, 2.45) is 17.6 Å². The highest BCUT2D eigenvalue weighted by atomic mass is 35.5. The van der Waals surface area contributed by atoms with Gasteiger partial charge in [0.25, 0.3) is 5.91 Å². The molecule has 2 unspecified atom stereocenters. The van der Waals surface area contributed by atoms with Gasteiger partial charge in [0.2, 0.25) is 0 Å². The van der Waals surface area contributed by atoms with Gasteiger partial charge in [-0.1, -0.05) is 6.92 Å². The molecule has 0 spiro atoms. The Hall–Kier alpha value is -0.650. The molecule has 1 aromatic heterocycles. The molecular formula is C11H18ClN3OS. The summed E-state index contributed by atoms with van der Waals surface area (Å²) in [6.45, 7) is 3.57. The Kier molecular flexibility index (Phi) is 5.36. The number of thiazole rings is 1. The van der Waals surface area contributed by atoms with Crippen LogP contribution in [0.3, 0.4) is 0 Å². The first-order valence-electron chi connectivity index (χ1n) is 5.63. The van der Waals surface area contributed by atoms with E-state index in [0.29, 0.717) is 18.2 Å². The molecule has 1 saturated carbocycles. The summed E-state index contributed by atoms with van der Waals surface area (Å²) in [5, 5.41) is 5.66. The van der Waals surface area contributed by atoms with Crippen molar-refractivity contribution in [3.63, 3.8) is 0 Å². The summed E-state index contributed by atoms with van der Waals surface area (Å²) in [4.78, 5) is 15.9. The average molecular weight is 276 g/mol. The van der Waals surface area contributed by atoms with E-state index in [0.717, 1.165) is 23.9 Å². The number of rotatable bonds is 5. The Morgan fingerprint density at radius 2 is 2.41 bits per heavy atom. The van der Waals surface area contributed by atoms with Crippen molar-refractivity contribution < 1.29 is 4.79 Å². The molecule has 1 fully saturated rings. The third kappa shape index (κ3) is 3.94. The van der Waals surface area contributed by atoms with Gasteiger partial charge in [-0.15, -0.1) is 23.7 Å². The average Bonchev–Trinajstić information content (AvgIpc) is 2.78. The second kappa shape index (κ2) is 6.33. The van der Waals surface area contributed by atoms with Gasteiger partial charge in [0.1, 0.15) is 5.69 Å². The van der Waals surface area contributed by atoms with E-state index < -0.39 is 0 Å². The summed E-state index contributed by atoms with van der Waals surface area (Å²) in [5.41, 5.74) is 5.96. The van der Waals surface area contributed by atoms with E-state index in [1.807, 2.05) is 0 Å². The smallest absolute Gasteiger partial charge is 0.270 e. The summed E-state index contributed by atoms with van der Waals surface area (Å²) in [5.74, 6) is 1.38. The lowest BCUT2D eigenvalue weighted by molar-refractivity contribution is 0.0947. The van der Waals surface area contributed by atoms with E-state index >= 15 is 0 Å². The predicted molar refractivity (Wildman–Crippen MR) is 71.7 cm³/mol. The summed E-state index contributed by atoms with van der Waals surface area (Å²) in [6, 6.07) is 0. The van der Waals surface area contributed by atoms with Crippen LogP contribution >= 0.6 is 23.7 Å². The zero-order valence-corrected chi connectivity index (χ0v) is 11.4. The standard InChI is InChI=1S/C11H17N3OS.ClH/c1-7-4-8(7)5-13-11(15)9-6-16-10(14-9)2-3-12;/h6-8H,2-5,12H2,1H3,(H,13,15);1H. The minimum Gasteiger partial charge on any atom is -0.350 e. The molecule has 0 saturated heterocycles. The SMILES string of the molecule is CC1CC1CNC(=O)c1csc(CCN)n1.Cl. The molecule has 0 aliphatic heterocycles. The lowest BCUT2D eigenvalue weighted by atomic mass is 10.3. The number of hydrogen-bond acceptors (Lipinski definition) is 4. The van der Waals surface area contributed by atoms with Crippen LogP contribution in [0.1, 0.15) is 28.8 Å². The first kappa shape index (κ1) is 14.4. The number of nitrogens with two attached hydrogens (primary N) is 1. The van der Waals surface area contributed by atoms with Crippen LogP contribution in [-0.2, 0) is 6.42 Å². The summed E-state index contributed by atoms with van der Waals surface area (Å²) in [6.07, 6.45) is 1.98. The van der Waals surface area contributed by atoms with Crippen molar-refractivity contribution in [3.8, 4) is 0 Å². The molecular weight excluding hydrogens is 258 g/mol. The number of nitrogens with zero attached hydrogens (tertiary/aromatic N) is 1. The van der Waals surface area contributed by atoms with Crippen molar-refractivity contribution in [1.29, 1.82) is 0 Å². The fourth-order valence-electron chi connectivity index (χ4n) is 1.65. The monoisotopic (exact) mass is 275 g/mol. The first-order chi connectivity index (χ1) is 7.70. The molecule has 96 valence electrons. The predicted octanol–water partition coefficient (Wildman–Crippen LogP) is 1.45. The number of halogens is 1. The van der Waals surface area contributed by atoms with E-state index in [1.54, 1.807) is 5.38 Å². The molecule has 0 aromatic carbocycles. The van der Waals surface area contributed by atoms with Crippen molar-refractivity contribution >= 4 is 29.7 Å². The van der Waals surface area contributed by atoms with Gasteiger partial charge in [0.05, 0.1) is 5.01 Å². The maximum atomic E-state index is 11.7. The second-order valence-corrected chi connectivity index (χ2v) is 5.29. The normalized spacial score (nSPS) is 21.8. The Morgan fingerprint density at radius 1 is 1.71 bits per heavy atom. The molecule has 3 N–H and O–H groups in total. The number of amides is 1. The number of aromatic nitrogens is 1. The van der Waals surface area contributed by atoms with E-state index in [1.165, 1.54) is 17.8 Å². The molecule has 2 atom stereocenters. The van der Waals surface area contributed by atoms with Gasteiger partial charge in [-0.05, 0) is 24.8 Å². The van der Waals surface area contributed by atoms with Crippen molar-refractivity contribution in [2.75, 3.05) is 13.1 Å². The van der Waals surface area contributed by atoms with Crippen LogP contribution in [0.5, 0.6) is 0 Å². The fourth-order valence-corrected chi connectivity index (χ4v) is 2.45. The Balaban J connectivity index is 0.00000144. The van der Waals surface area contributed by atoms with E-state index in [-0.39, 0.29) is 18.3 Å². The third-order valence-electron chi connectivity index (χ3n) is 2.94. The van der Waals surface area contributed by atoms with Crippen molar-refractivity contribution in [1.82, 2.24) is 10.3 Å². The maximum Gasteiger partial charge on any atom is 0.270 e. The Labute approximate surface area is 111 Å². The van der Waals surface area contributed by atoms with Gasteiger partial charge in [-0.2, -0.15) is 0 Å². The first-order valence-corrected chi connectivity index (χ1v) is 6.51. The van der Waals surface area contributed by atoms with Crippen LogP contribution in [0.25, 0.3) is 0 Å². The molecule has 1 aliphatic rings. The zero-order valence-electron chi connectivity index (χ0n) is 9.81. The summed E-state index contributed by atoms with van der Waals surface area (Å²) in [7, 11) is 0. The highest BCUT2D eigenvalue weighted by molar-refractivity contribution is 7.09. The molecule has 1 heterocycles. The minimum atomic E-state index is -0.0568. The van der Waals surface area contributed by atoms with Crippen molar-refractivity contribution in [2.45, 2.75) is 19.8 Å². The summed E-state index contributed by atoms with van der Waals surface area (Å²) >= 11 is 1.50. The topological polar surface area (TPSA) is 68.0 Å². The van der Waals surface area contributed by atoms with Crippen LogP contribution in [0, 0.1) is 11.8 Å². The Bertz CT molecular complexity index is 383. The molecule has 4 nitrogen and oxygen atoms in total. The van der Waals surface area contributed by atoms with Crippen LogP contribution in [0.15, 0.2) is 5.38 Å². The van der Waals surface area contributed by atoms with Crippen LogP contribution in [-0.4, -0.2) is 24.0 Å². The molecule has 1 aliphatic carbocycles. The van der Waals surface area contributed by atoms with E-state index in [4.69, 9.17) is 5.73 Å². The molecule has 1 aromatic rings. The zero-order chi connectivity index (χ0) is 11.5. The largest absolute Gasteiger partial charge is 0.350 e. The highest BCUT2D eigenvalue weighted by Gasteiger charge is 2.32. The molecule has 17 heavy (non-hydrogen) atoms. The van der Waals surface area contributed by atoms with Gasteiger partial charge in [0, 0.05) is 18.3 Å². The third-order valence-corrected chi connectivity index (χ3v) is 3.85. The van der Waals surface area contributed by atoms with Crippen LogP contribution < -0.4 is 11.1 Å². The molecule has 1 amide bonds. The highest BCUT2D eigenvalue weighted by Crippen LogP contribution is 2.36. The lowest BCUT2D eigenvalue weighted by Gasteiger charge is -2.00. The van der Waals surface area contributed by atoms with Crippen LogP contribution in [0.4, 0.5) is 0 Å². The molecule has 2 rings (SSSR count). The number of hydrogen-bond donors (Lipinski definition) is 2. The molecule has 0 radical (unpaired) electrons. The minimum absolute atomic E-state index is 0. The number of carbonyl (C=O) groups excluding carboxylic acids is 1. The van der Waals surface area contributed by atoms with Crippen LogP contribution in [0.2, 0.25) is 0 Å². The van der Waals surface area contributed by atoms with Gasteiger partial charge in [0.15, 0.2) is 0 Å². The van der Waals surface area contributed by atoms with E-state index in [2.05, 4.69) is 17.2 Å². The number of carbonyl (C=O) groups is 1. The van der Waals surface area contributed by atoms with E-state index in [9.17, 15) is 4.79 Å². The Morgan fingerprint density at radius 3 is 3.00 bits per heavy atom. The maximum absolute atomic E-state index is 11.7. The van der Waals surface area contributed by atoms with Gasteiger partial charge < -0.3 is 11.1 Å². The van der Waals surface area contributed by atoms with Gasteiger partial charge in [-0.25, -0.2) is 4.98 Å². The van der Waals surface area contributed by atoms with Gasteiger partial charge in [-0.3, -0.25) is 4.79 Å².